The monoisotopic (exact) mass is 275 g/mol. The Kier molecular flexibility index (Phi) is 4.74. The molecule has 2 rings (SSSR count). The minimum Gasteiger partial charge on any atom is -0.380 e. The minimum absolute atomic E-state index is 0.00147. The van der Waals surface area contributed by atoms with E-state index in [9.17, 15) is 4.79 Å². The van der Waals surface area contributed by atoms with Gasteiger partial charge in [0.05, 0.1) is 12.1 Å². The van der Waals surface area contributed by atoms with E-state index in [4.69, 9.17) is 4.74 Å². The van der Waals surface area contributed by atoms with Crippen LogP contribution >= 0.6 is 0 Å². The first kappa shape index (κ1) is 14.5. The maximum atomic E-state index is 12.2. The van der Waals surface area contributed by atoms with Crippen molar-refractivity contribution < 1.29 is 9.53 Å². The van der Waals surface area contributed by atoms with Crippen molar-refractivity contribution in [3.63, 3.8) is 0 Å². The van der Waals surface area contributed by atoms with E-state index < -0.39 is 0 Å². The average molecular weight is 275 g/mol. The summed E-state index contributed by atoms with van der Waals surface area (Å²) in [7, 11) is 0. The molecule has 0 saturated carbocycles. The first-order chi connectivity index (χ1) is 9.65. The number of fused-ring (bicyclic) bond motifs is 1. The lowest BCUT2D eigenvalue weighted by molar-refractivity contribution is -0.124. The normalized spacial score (nSPS) is 12.6. The molecular weight excluding hydrogens is 254 g/mol. The number of carbonyl (C=O) groups is 1. The third-order valence-electron chi connectivity index (χ3n) is 3.38. The van der Waals surface area contributed by atoms with Crippen LogP contribution in [-0.4, -0.2) is 35.2 Å². The fourth-order valence-electron chi connectivity index (χ4n) is 2.25. The molecule has 1 amide bonds. The van der Waals surface area contributed by atoms with E-state index in [1.54, 1.807) is 6.20 Å². The van der Waals surface area contributed by atoms with Crippen molar-refractivity contribution in [2.45, 2.75) is 26.8 Å². The molecular formula is C15H21N3O2. The van der Waals surface area contributed by atoms with Crippen molar-refractivity contribution >= 4 is 16.8 Å². The van der Waals surface area contributed by atoms with Crippen molar-refractivity contribution in [3.8, 4) is 0 Å². The number of carbonyl (C=O) groups excluding carboxylic acids is 1. The van der Waals surface area contributed by atoms with E-state index in [2.05, 4.69) is 10.3 Å². The van der Waals surface area contributed by atoms with Crippen molar-refractivity contribution in [1.82, 2.24) is 14.9 Å². The summed E-state index contributed by atoms with van der Waals surface area (Å²) in [6.45, 7) is 7.61. The van der Waals surface area contributed by atoms with Gasteiger partial charge in [0.1, 0.15) is 6.04 Å². The highest BCUT2D eigenvalue weighted by molar-refractivity contribution is 5.87. The number of amides is 1. The topological polar surface area (TPSA) is 56.1 Å². The molecule has 0 radical (unpaired) electrons. The lowest BCUT2D eigenvalue weighted by atomic mass is 10.2. The van der Waals surface area contributed by atoms with Gasteiger partial charge in [0.25, 0.3) is 0 Å². The molecule has 0 bridgehead atoms. The minimum atomic E-state index is -0.254. The largest absolute Gasteiger partial charge is 0.380 e. The van der Waals surface area contributed by atoms with Gasteiger partial charge in [0, 0.05) is 37.1 Å². The first-order valence-electron chi connectivity index (χ1n) is 6.91. The zero-order chi connectivity index (χ0) is 14.5. The van der Waals surface area contributed by atoms with E-state index in [1.165, 1.54) is 0 Å². The molecule has 0 saturated heterocycles. The van der Waals surface area contributed by atoms with Crippen LogP contribution in [0.3, 0.4) is 0 Å². The summed E-state index contributed by atoms with van der Waals surface area (Å²) in [5, 5.41) is 3.97. The number of rotatable bonds is 6. The average Bonchev–Trinajstić information content (AvgIpc) is 2.80. The van der Waals surface area contributed by atoms with Crippen LogP contribution in [0.25, 0.3) is 10.9 Å². The van der Waals surface area contributed by atoms with E-state index in [1.807, 2.05) is 43.8 Å². The number of ether oxygens (including phenoxy) is 1. The predicted molar refractivity (Wildman–Crippen MR) is 78.7 cm³/mol. The zero-order valence-corrected chi connectivity index (χ0v) is 12.2. The van der Waals surface area contributed by atoms with Gasteiger partial charge in [-0.3, -0.25) is 9.78 Å². The fourth-order valence-corrected chi connectivity index (χ4v) is 2.25. The molecule has 1 N–H and O–H groups in total. The zero-order valence-electron chi connectivity index (χ0n) is 12.2. The van der Waals surface area contributed by atoms with Crippen LogP contribution < -0.4 is 5.32 Å². The molecule has 2 aromatic heterocycles. The summed E-state index contributed by atoms with van der Waals surface area (Å²) in [4.78, 5) is 16.3. The van der Waals surface area contributed by atoms with Crippen LogP contribution in [0.15, 0.2) is 24.7 Å². The van der Waals surface area contributed by atoms with Crippen molar-refractivity contribution in [2.24, 2.45) is 0 Å². The number of hydrogen-bond acceptors (Lipinski definition) is 3. The molecule has 5 heteroatoms. The number of aryl methyl sites for hydroxylation is 1. The highest BCUT2D eigenvalue weighted by Gasteiger charge is 2.17. The summed E-state index contributed by atoms with van der Waals surface area (Å²) < 4.78 is 7.20. The van der Waals surface area contributed by atoms with Gasteiger partial charge < -0.3 is 14.6 Å². The van der Waals surface area contributed by atoms with Gasteiger partial charge in [-0.2, -0.15) is 0 Å². The number of hydrogen-bond donors (Lipinski definition) is 1. The van der Waals surface area contributed by atoms with E-state index in [-0.39, 0.29) is 11.9 Å². The molecule has 0 aliphatic rings. The maximum absolute atomic E-state index is 12.2. The highest BCUT2D eigenvalue weighted by atomic mass is 16.5. The molecule has 20 heavy (non-hydrogen) atoms. The Morgan fingerprint density at radius 1 is 1.55 bits per heavy atom. The molecule has 2 aromatic rings. The van der Waals surface area contributed by atoms with Crippen LogP contribution in [-0.2, 0) is 9.53 Å². The molecule has 0 spiro atoms. The summed E-state index contributed by atoms with van der Waals surface area (Å²) in [6.07, 6.45) is 5.58. The summed E-state index contributed by atoms with van der Waals surface area (Å²) >= 11 is 0. The van der Waals surface area contributed by atoms with Crippen molar-refractivity contribution in [2.75, 3.05) is 19.8 Å². The van der Waals surface area contributed by atoms with Crippen molar-refractivity contribution in [3.05, 3.63) is 30.2 Å². The quantitative estimate of drug-likeness (QED) is 0.821. The smallest absolute Gasteiger partial charge is 0.242 e. The molecule has 5 nitrogen and oxygen atoms in total. The SMILES string of the molecule is CCOCCNC(=O)C(C)n1cc(C)c2cnccc21. The molecule has 0 aliphatic carbocycles. The third kappa shape index (κ3) is 2.99. The van der Waals surface area contributed by atoms with E-state index >= 15 is 0 Å². The van der Waals surface area contributed by atoms with Crippen molar-refractivity contribution in [1.29, 1.82) is 0 Å². The van der Waals surface area contributed by atoms with Gasteiger partial charge in [-0.15, -0.1) is 0 Å². The standard InChI is InChI=1S/C15H21N3O2/c1-4-20-8-7-17-15(19)12(3)18-10-11(2)13-9-16-6-5-14(13)18/h5-6,9-10,12H,4,7-8H2,1-3H3,(H,17,19). The predicted octanol–water partition coefficient (Wildman–Crippen LogP) is 2.06. The second kappa shape index (κ2) is 6.52. The lowest BCUT2D eigenvalue weighted by Gasteiger charge is -2.15. The van der Waals surface area contributed by atoms with E-state index in [0.717, 1.165) is 16.5 Å². The maximum Gasteiger partial charge on any atom is 0.242 e. The van der Waals surface area contributed by atoms with Gasteiger partial charge in [-0.25, -0.2) is 0 Å². The second-order valence-electron chi connectivity index (χ2n) is 4.78. The van der Waals surface area contributed by atoms with Crippen LogP contribution in [0.4, 0.5) is 0 Å². The summed E-state index contributed by atoms with van der Waals surface area (Å²) in [5.74, 6) is -0.00147. The molecule has 0 fully saturated rings. The van der Waals surface area contributed by atoms with Crippen LogP contribution in [0.5, 0.6) is 0 Å². The van der Waals surface area contributed by atoms with Gasteiger partial charge >= 0.3 is 0 Å². The Morgan fingerprint density at radius 3 is 3.10 bits per heavy atom. The number of nitrogens with one attached hydrogen (secondary N) is 1. The van der Waals surface area contributed by atoms with Crippen LogP contribution in [0.2, 0.25) is 0 Å². The second-order valence-corrected chi connectivity index (χ2v) is 4.78. The molecule has 0 aliphatic heterocycles. The van der Waals surface area contributed by atoms with Gasteiger partial charge in [-0.05, 0) is 32.4 Å². The lowest BCUT2D eigenvalue weighted by Crippen LogP contribution is -2.33. The van der Waals surface area contributed by atoms with Crippen LogP contribution in [0, 0.1) is 6.92 Å². The van der Waals surface area contributed by atoms with E-state index in [0.29, 0.717) is 19.8 Å². The number of nitrogens with zero attached hydrogens (tertiary/aromatic N) is 2. The Morgan fingerprint density at radius 2 is 2.35 bits per heavy atom. The van der Waals surface area contributed by atoms with Gasteiger partial charge in [0.2, 0.25) is 5.91 Å². The number of pyridine rings is 1. The Labute approximate surface area is 118 Å². The Balaban J connectivity index is 2.11. The molecule has 1 atom stereocenters. The fraction of sp³-hybridized carbons (Fsp3) is 0.467. The highest BCUT2D eigenvalue weighted by Crippen LogP contribution is 2.23. The molecule has 1 unspecified atom stereocenters. The first-order valence-corrected chi connectivity index (χ1v) is 6.91. The summed E-state index contributed by atoms with van der Waals surface area (Å²) in [6, 6.07) is 1.68. The van der Waals surface area contributed by atoms with Gasteiger partial charge in [-0.1, -0.05) is 0 Å². The molecule has 108 valence electrons. The Bertz CT molecular complexity index is 592. The third-order valence-corrected chi connectivity index (χ3v) is 3.38. The van der Waals surface area contributed by atoms with Gasteiger partial charge in [0.15, 0.2) is 0 Å². The summed E-state index contributed by atoms with van der Waals surface area (Å²) in [5.41, 5.74) is 2.16. The number of aromatic nitrogens is 2. The molecule has 2 heterocycles. The Hall–Kier alpha value is -1.88. The van der Waals surface area contributed by atoms with Crippen LogP contribution in [0.1, 0.15) is 25.5 Å². The molecule has 0 aromatic carbocycles.